The van der Waals surface area contributed by atoms with Gasteiger partial charge < -0.3 is 20.0 Å². The molecule has 1 aliphatic heterocycles. The molecule has 1 aliphatic rings. The number of aromatic nitrogens is 2. The summed E-state index contributed by atoms with van der Waals surface area (Å²) in [7, 11) is 0. The highest BCUT2D eigenvalue weighted by Crippen LogP contribution is 2.23. The van der Waals surface area contributed by atoms with E-state index in [0.717, 1.165) is 29.9 Å². The Kier molecular flexibility index (Phi) is 8.14. The Bertz CT molecular complexity index is 1170. The third-order valence-corrected chi connectivity index (χ3v) is 6.90. The minimum atomic E-state index is -0.449. The Morgan fingerprint density at radius 2 is 1.94 bits per heavy atom. The van der Waals surface area contributed by atoms with Crippen molar-refractivity contribution in [1.29, 1.82) is 0 Å². The van der Waals surface area contributed by atoms with Crippen molar-refractivity contribution in [3.05, 3.63) is 63.5 Å². The van der Waals surface area contributed by atoms with Gasteiger partial charge >= 0.3 is 0 Å². The molecule has 1 saturated heterocycles. The van der Waals surface area contributed by atoms with E-state index < -0.39 is 5.91 Å². The first-order valence-corrected chi connectivity index (χ1v) is 12.6. The first kappa shape index (κ1) is 24.9. The largest absolute Gasteiger partial charge is 0.469 e. The summed E-state index contributed by atoms with van der Waals surface area (Å²) in [5.74, 6) is 0.358. The molecule has 2 aromatic heterocycles. The molecule has 2 N–H and O–H groups in total. The first-order chi connectivity index (χ1) is 16.9. The smallest absolute Gasteiger partial charge is 0.286 e. The molecule has 0 spiro atoms. The van der Waals surface area contributed by atoms with E-state index >= 15 is 0 Å². The standard InChI is InChI=1S/C24H26ClN5O4S/c1-15(12-19-6-3-11-34-19)26-20(31)13-16-7-9-30(10-8-16)24(33)23-29-28-22(35-23)21(32)27-18-5-2-4-17(25)14-18/h2-6,11,14-16H,7-10,12-13H2,1H3,(H,26,31)(H,27,32)/t15-/m0/s1. The second-order valence-electron chi connectivity index (χ2n) is 8.57. The molecule has 0 saturated carbocycles. The van der Waals surface area contributed by atoms with Crippen molar-refractivity contribution in [3.8, 4) is 0 Å². The average Bonchev–Trinajstić information content (AvgIpc) is 3.51. The number of anilines is 1. The lowest BCUT2D eigenvalue weighted by atomic mass is 9.93. The second kappa shape index (κ2) is 11.5. The SMILES string of the molecule is C[C@@H](Cc1ccco1)NC(=O)CC1CCN(C(=O)c2nnc(C(=O)Nc3cccc(Cl)c3)s2)CC1. The molecule has 184 valence electrons. The highest BCUT2D eigenvalue weighted by atomic mass is 35.5. The van der Waals surface area contributed by atoms with E-state index in [0.29, 0.717) is 36.6 Å². The lowest BCUT2D eigenvalue weighted by molar-refractivity contribution is -0.122. The van der Waals surface area contributed by atoms with Crippen molar-refractivity contribution >= 4 is 46.3 Å². The van der Waals surface area contributed by atoms with Gasteiger partial charge in [-0.3, -0.25) is 14.4 Å². The predicted octanol–water partition coefficient (Wildman–Crippen LogP) is 4.03. The van der Waals surface area contributed by atoms with Crippen LogP contribution in [0.15, 0.2) is 47.1 Å². The van der Waals surface area contributed by atoms with E-state index in [-0.39, 0.29) is 33.8 Å². The fourth-order valence-electron chi connectivity index (χ4n) is 4.01. The minimum Gasteiger partial charge on any atom is -0.469 e. The van der Waals surface area contributed by atoms with Gasteiger partial charge in [-0.05, 0) is 56.0 Å². The number of halogens is 1. The molecule has 3 heterocycles. The molecule has 9 nitrogen and oxygen atoms in total. The van der Waals surface area contributed by atoms with E-state index in [1.54, 1.807) is 35.4 Å². The molecule has 0 radical (unpaired) electrons. The lowest BCUT2D eigenvalue weighted by Crippen LogP contribution is -2.40. The molecule has 1 fully saturated rings. The van der Waals surface area contributed by atoms with Gasteiger partial charge in [0.15, 0.2) is 0 Å². The molecule has 3 amide bonds. The zero-order valence-corrected chi connectivity index (χ0v) is 20.8. The van der Waals surface area contributed by atoms with Crippen LogP contribution in [0.5, 0.6) is 0 Å². The number of furan rings is 1. The Hall–Kier alpha value is -3.24. The zero-order valence-electron chi connectivity index (χ0n) is 19.2. The maximum atomic E-state index is 12.9. The molecule has 0 unspecified atom stereocenters. The zero-order chi connectivity index (χ0) is 24.8. The fraction of sp³-hybridized carbons (Fsp3) is 0.375. The highest BCUT2D eigenvalue weighted by Gasteiger charge is 2.28. The van der Waals surface area contributed by atoms with Crippen LogP contribution in [-0.4, -0.2) is 52.0 Å². The second-order valence-corrected chi connectivity index (χ2v) is 9.98. The summed E-state index contributed by atoms with van der Waals surface area (Å²) in [6.07, 6.45) is 4.15. The fourth-order valence-corrected chi connectivity index (χ4v) is 4.90. The van der Waals surface area contributed by atoms with Crippen LogP contribution in [0.3, 0.4) is 0 Å². The summed E-state index contributed by atoms with van der Waals surface area (Å²) < 4.78 is 5.33. The van der Waals surface area contributed by atoms with Crippen molar-refractivity contribution in [2.75, 3.05) is 18.4 Å². The number of benzene rings is 1. The van der Waals surface area contributed by atoms with Gasteiger partial charge in [0.1, 0.15) is 5.76 Å². The van der Waals surface area contributed by atoms with Gasteiger partial charge in [-0.1, -0.05) is 29.0 Å². The van der Waals surface area contributed by atoms with Gasteiger partial charge in [0.25, 0.3) is 11.8 Å². The number of rotatable bonds is 8. The number of nitrogens with one attached hydrogen (secondary N) is 2. The predicted molar refractivity (Wildman–Crippen MR) is 133 cm³/mol. The Labute approximate surface area is 211 Å². The van der Waals surface area contributed by atoms with Gasteiger partial charge in [0, 0.05) is 42.7 Å². The van der Waals surface area contributed by atoms with E-state index in [4.69, 9.17) is 16.0 Å². The van der Waals surface area contributed by atoms with Crippen molar-refractivity contribution < 1.29 is 18.8 Å². The van der Waals surface area contributed by atoms with E-state index in [9.17, 15) is 14.4 Å². The summed E-state index contributed by atoms with van der Waals surface area (Å²) in [4.78, 5) is 39.4. The van der Waals surface area contributed by atoms with Gasteiger partial charge in [0.2, 0.25) is 15.9 Å². The minimum absolute atomic E-state index is 0.00770. The number of hydrogen-bond acceptors (Lipinski definition) is 7. The Morgan fingerprint density at radius 1 is 1.17 bits per heavy atom. The summed E-state index contributed by atoms with van der Waals surface area (Å²) >= 11 is 6.89. The summed E-state index contributed by atoms with van der Waals surface area (Å²) in [6, 6.07) is 10.5. The van der Waals surface area contributed by atoms with Gasteiger partial charge in [0.05, 0.1) is 6.26 Å². The lowest BCUT2D eigenvalue weighted by Gasteiger charge is -2.31. The number of nitrogens with zero attached hydrogens (tertiary/aromatic N) is 3. The Balaban J connectivity index is 1.23. The molecule has 35 heavy (non-hydrogen) atoms. The van der Waals surface area contributed by atoms with E-state index in [2.05, 4.69) is 20.8 Å². The topological polar surface area (TPSA) is 117 Å². The van der Waals surface area contributed by atoms with Crippen LogP contribution in [0.4, 0.5) is 5.69 Å². The van der Waals surface area contributed by atoms with Crippen LogP contribution in [-0.2, 0) is 11.2 Å². The molecule has 1 atom stereocenters. The average molecular weight is 516 g/mol. The number of carbonyl (C=O) groups excluding carboxylic acids is 3. The molecule has 3 aromatic rings. The molecular formula is C24H26ClN5O4S. The third-order valence-electron chi connectivity index (χ3n) is 5.76. The summed E-state index contributed by atoms with van der Waals surface area (Å²) in [5.41, 5.74) is 0.534. The van der Waals surface area contributed by atoms with Crippen LogP contribution in [0.2, 0.25) is 5.02 Å². The number of carbonyl (C=O) groups is 3. The van der Waals surface area contributed by atoms with Crippen LogP contribution >= 0.6 is 22.9 Å². The molecule has 4 rings (SSSR count). The quantitative estimate of drug-likeness (QED) is 0.467. The summed E-state index contributed by atoms with van der Waals surface area (Å²) in [5, 5.41) is 14.3. The van der Waals surface area contributed by atoms with Gasteiger partial charge in [-0.2, -0.15) is 0 Å². The monoisotopic (exact) mass is 515 g/mol. The van der Waals surface area contributed by atoms with Gasteiger partial charge in [-0.15, -0.1) is 10.2 Å². The Morgan fingerprint density at radius 3 is 2.66 bits per heavy atom. The molecule has 0 aliphatic carbocycles. The molecule has 11 heteroatoms. The third kappa shape index (κ3) is 6.89. The van der Waals surface area contributed by atoms with Crippen LogP contribution in [0.25, 0.3) is 0 Å². The number of likely N-dealkylation sites (tertiary alicyclic amines) is 1. The van der Waals surface area contributed by atoms with Crippen molar-refractivity contribution in [3.63, 3.8) is 0 Å². The number of hydrogen-bond donors (Lipinski definition) is 2. The van der Waals surface area contributed by atoms with E-state index in [1.165, 1.54) is 0 Å². The summed E-state index contributed by atoms with van der Waals surface area (Å²) in [6.45, 7) is 3.01. The molecule has 0 bridgehead atoms. The first-order valence-electron chi connectivity index (χ1n) is 11.4. The maximum absolute atomic E-state index is 12.9. The van der Waals surface area contributed by atoms with Crippen LogP contribution < -0.4 is 10.6 Å². The van der Waals surface area contributed by atoms with E-state index in [1.807, 2.05) is 19.1 Å². The number of piperidine rings is 1. The van der Waals surface area contributed by atoms with Gasteiger partial charge in [-0.25, -0.2) is 0 Å². The molecule has 1 aromatic carbocycles. The van der Waals surface area contributed by atoms with Crippen molar-refractivity contribution in [2.45, 2.75) is 38.6 Å². The molecular weight excluding hydrogens is 490 g/mol. The highest BCUT2D eigenvalue weighted by molar-refractivity contribution is 7.15. The maximum Gasteiger partial charge on any atom is 0.286 e. The normalized spacial score (nSPS) is 15.0. The van der Waals surface area contributed by atoms with Crippen molar-refractivity contribution in [2.24, 2.45) is 5.92 Å². The van der Waals surface area contributed by atoms with Crippen molar-refractivity contribution in [1.82, 2.24) is 20.4 Å². The van der Waals surface area contributed by atoms with Crippen LogP contribution in [0.1, 0.15) is 51.6 Å². The number of amides is 3. The van der Waals surface area contributed by atoms with Crippen LogP contribution in [0, 0.1) is 5.92 Å².